The lowest BCUT2D eigenvalue weighted by Gasteiger charge is -2.35. The summed E-state index contributed by atoms with van der Waals surface area (Å²) in [6.45, 7) is 13.8. The fourth-order valence-electron chi connectivity index (χ4n) is 3.94. The molecule has 2 heterocycles. The van der Waals surface area contributed by atoms with Crippen molar-refractivity contribution in [3.8, 4) is 12.8 Å². The molecule has 196 valence electrons. The van der Waals surface area contributed by atoms with Crippen molar-refractivity contribution < 1.29 is 14.3 Å². The van der Waals surface area contributed by atoms with Crippen molar-refractivity contribution in [3.63, 3.8) is 0 Å². The first-order valence-electron chi connectivity index (χ1n) is 12.5. The van der Waals surface area contributed by atoms with Crippen molar-refractivity contribution >= 4 is 28.2 Å². The quantitative estimate of drug-likeness (QED) is 0.297. The lowest BCUT2D eigenvalue weighted by Crippen LogP contribution is -2.48. The van der Waals surface area contributed by atoms with Crippen LogP contribution >= 0.6 is 0 Å². The molecule has 0 atom stereocenters. The largest absolute Gasteiger partial charge is 0.508 e. The number of amides is 1. The van der Waals surface area contributed by atoms with Crippen LogP contribution in [-0.4, -0.2) is 58.7 Å². The molecule has 0 unspecified atom stereocenters. The Kier molecular flexibility index (Phi) is 13.2. The number of hydrogen-bond donors (Lipinski definition) is 1. The van der Waals surface area contributed by atoms with Crippen LogP contribution in [0.5, 0.6) is 0 Å². The summed E-state index contributed by atoms with van der Waals surface area (Å²) in [5.74, 6) is 1.92. The number of anilines is 1. The molecule has 0 saturated carbocycles. The van der Waals surface area contributed by atoms with Gasteiger partial charge in [-0.25, -0.2) is 14.4 Å². The van der Waals surface area contributed by atoms with Crippen LogP contribution in [0.3, 0.4) is 0 Å². The van der Waals surface area contributed by atoms with Crippen molar-refractivity contribution in [2.24, 2.45) is 5.92 Å². The Morgan fingerprint density at radius 3 is 2.31 bits per heavy atom. The second kappa shape index (κ2) is 15.6. The van der Waals surface area contributed by atoms with Crippen LogP contribution in [-0.2, 0) is 4.79 Å². The zero-order chi connectivity index (χ0) is 27.3. The number of carbonyl (C=O) groups excluding carboxylic acids is 1. The Morgan fingerprint density at radius 1 is 1.19 bits per heavy atom. The van der Waals surface area contributed by atoms with E-state index in [4.69, 9.17) is 0 Å². The van der Waals surface area contributed by atoms with Crippen molar-refractivity contribution in [3.05, 3.63) is 47.5 Å². The highest BCUT2D eigenvalue weighted by Crippen LogP contribution is 2.29. The fourth-order valence-corrected chi connectivity index (χ4v) is 3.94. The van der Waals surface area contributed by atoms with E-state index in [1.165, 1.54) is 25.0 Å². The number of rotatable bonds is 6. The summed E-state index contributed by atoms with van der Waals surface area (Å²) in [6.07, 6.45) is 13.5. The van der Waals surface area contributed by atoms with Gasteiger partial charge in [-0.2, -0.15) is 0 Å². The highest BCUT2D eigenvalue weighted by atomic mass is 19.1. The maximum atomic E-state index is 13.1. The molecule has 36 heavy (non-hydrogen) atoms. The van der Waals surface area contributed by atoms with Crippen molar-refractivity contribution in [1.82, 2.24) is 14.9 Å². The molecule has 0 aliphatic carbocycles. The minimum Gasteiger partial charge on any atom is -0.508 e. The number of alkyl halides is 1. The highest BCUT2D eigenvalue weighted by molar-refractivity contribution is 5.92. The molecule has 6 nitrogen and oxygen atoms in total. The van der Waals surface area contributed by atoms with Crippen LogP contribution < -0.4 is 4.90 Å². The van der Waals surface area contributed by atoms with Gasteiger partial charge in [-0.3, -0.25) is 4.79 Å². The zero-order valence-corrected chi connectivity index (χ0v) is 22.6. The summed E-state index contributed by atoms with van der Waals surface area (Å²) in [6, 6.07) is 5.94. The Morgan fingerprint density at radius 2 is 1.83 bits per heavy atom. The Balaban J connectivity index is 0.000000710. The molecule has 0 spiro atoms. The molecule has 1 N–H and O–H groups in total. The lowest BCUT2D eigenvalue weighted by atomic mass is 10.1. The summed E-state index contributed by atoms with van der Waals surface area (Å²) in [5, 5.41) is 11.1. The Labute approximate surface area is 215 Å². The van der Waals surface area contributed by atoms with Gasteiger partial charge in [0.05, 0.1) is 11.1 Å². The first kappa shape index (κ1) is 30.6. The van der Waals surface area contributed by atoms with E-state index in [9.17, 15) is 14.3 Å². The number of fused-ring (bicyclic) bond motifs is 1. The summed E-state index contributed by atoms with van der Waals surface area (Å²) in [4.78, 5) is 24.8. The number of terminal acetylenes is 1. The Hall–Kier alpha value is -3.40. The summed E-state index contributed by atoms with van der Waals surface area (Å²) >= 11 is 0. The number of aliphatic hydroxyl groups is 1. The predicted molar refractivity (Wildman–Crippen MR) is 149 cm³/mol. The van der Waals surface area contributed by atoms with E-state index in [1.807, 2.05) is 30.0 Å². The minimum absolute atomic E-state index is 0.0583. The highest BCUT2D eigenvalue weighted by Gasteiger charge is 2.23. The number of aliphatic hydroxyl groups excluding tert-OH is 1. The molecule has 1 aliphatic heterocycles. The van der Waals surface area contributed by atoms with E-state index in [2.05, 4.69) is 48.5 Å². The van der Waals surface area contributed by atoms with E-state index in [0.29, 0.717) is 26.2 Å². The number of carbonyl (C=O) groups is 1. The fraction of sp³-hybridized carbons (Fsp3) is 0.483. The normalized spacial score (nSPS) is 14.2. The molecule has 1 aromatic carbocycles. The molecule has 2 aromatic rings. The second-order valence-electron chi connectivity index (χ2n) is 9.01. The van der Waals surface area contributed by atoms with Crippen molar-refractivity contribution in [2.75, 3.05) is 37.8 Å². The smallest absolute Gasteiger partial charge is 0.219 e. The van der Waals surface area contributed by atoms with Gasteiger partial charge in [0.2, 0.25) is 5.91 Å². The molecule has 1 saturated heterocycles. The maximum absolute atomic E-state index is 13.1. The summed E-state index contributed by atoms with van der Waals surface area (Å²) in [7, 11) is 0. The summed E-state index contributed by atoms with van der Waals surface area (Å²) < 4.78 is 13.1. The number of benzene rings is 1. The molecule has 1 amide bonds. The number of hydrogen-bond acceptors (Lipinski definition) is 5. The minimum atomic E-state index is -0.727. The van der Waals surface area contributed by atoms with Crippen LogP contribution in [0.25, 0.3) is 16.5 Å². The third-order valence-corrected chi connectivity index (χ3v) is 5.79. The van der Waals surface area contributed by atoms with Crippen LogP contribution in [0.2, 0.25) is 0 Å². The van der Waals surface area contributed by atoms with Crippen LogP contribution in [0.15, 0.2) is 36.1 Å². The lowest BCUT2D eigenvalue weighted by molar-refractivity contribution is -0.129. The standard InChI is InChI=1S/C21H25FN4O2.C6H14.C2H2/c1-4-19(28)17(7-8-22)20-23-18-13-14(2)5-6-16(18)21(24-20)26-11-9-25(10-12-26)15(3)27;1-4-5-6(2)3;1-2/h4-7,13,28H,8-12H2,1-3H3;6H,4-5H2,1-3H3;1-2H/b17-7+,19-4+;;. The van der Waals surface area contributed by atoms with Gasteiger partial charge in [-0.15, -0.1) is 12.8 Å². The average Bonchev–Trinajstić information content (AvgIpc) is 2.87. The maximum Gasteiger partial charge on any atom is 0.219 e. The third kappa shape index (κ3) is 8.67. The predicted octanol–water partition coefficient (Wildman–Crippen LogP) is 6.11. The Bertz CT molecular complexity index is 1070. The van der Waals surface area contributed by atoms with Crippen molar-refractivity contribution in [1.29, 1.82) is 0 Å². The average molecular weight is 497 g/mol. The first-order chi connectivity index (χ1) is 17.2. The number of piperazine rings is 1. The van der Waals surface area contributed by atoms with Crippen LogP contribution in [0.1, 0.15) is 58.8 Å². The monoisotopic (exact) mass is 496 g/mol. The van der Waals surface area contributed by atoms with Crippen LogP contribution in [0, 0.1) is 25.7 Å². The number of nitrogens with zero attached hydrogens (tertiary/aromatic N) is 4. The molecule has 0 bridgehead atoms. The molecule has 7 heteroatoms. The number of halogens is 1. The van der Waals surface area contributed by atoms with E-state index >= 15 is 0 Å². The number of aryl methyl sites for hydroxylation is 1. The molecule has 1 aliphatic rings. The van der Waals surface area contributed by atoms with Crippen molar-refractivity contribution in [2.45, 2.75) is 54.4 Å². The molecular weight excluding hydrogens is 455 g/mol. The van der Waals surface area contributed by atoms with Gasteiger partial charge in [-0.1, -0.05) is 39.7 Å². The molecule has 1 fully saturated rings. The SMILES string of the molecule is C#C.C/C=C(O)\C(=C/CF)c1nc(N2CCN(C(C)=O)CC2)c2ccc(C)cc2n1.CCCC(C)C. The van der Waals surface area contributed by atoms with E-state index in [1.54, 1.807) is 13.8 Å². The molecule has 1 aromatic heterocycles. The van der Waals surface area contributed by atoms with Gasteiger partial charge in [0.25, 0.3) is 0 Å². The number of allylic oxidation sites excluding steroid dienone is 3. The van der Waals surface area contributed by atoms with Gasteiger partial charge < -0.3 is 14.9 Å². The van der Waals surface area contributed by atoms with Gasteiger partial charge in [0.15, 0.2) is 5.82 Å². The second-order valence-corrected chi connectivity index (χ2v) is 9.01. The number of aromatic nitrogens is 2. The molecule has 0 radical (unpaired) electrons. The zero-order valence-electron chi connectivity index (χ0n) is 22.6. The van der Waals surface area contributed by atoms with E-state index in [-0.39, 0.29) is 23.1 Å². The van der Waals surface area contributed by atoms with E-state index < -0.39 is 6.67 Å². The molecular formula is C29H41FN4O2. The van der Waals surface area contributed by atoms with Gasteiger partial charge in [0, 0.05) is 38.5 Å². The first-order valence-corrected chi connectivity index (χ1v) is 12.5. The van der Waals surface area contributed by atoms with E-state index in [0.717, 1.165) is 28.2 Å². The molecule has 3 rings (SSSR count). The van der Waals surface area contributed by atoms with Crippen LogP contribution in [0.4, 0.5) is 10.2 Å². The summed E-state index contributed by atoms with van der Waals surface area (Å²) in [5.41, 5.74) is 2.07. The van der Waals surface area contributed by atoms with Gasteiger partial charge >= 0.3 is 0 Å². The van der Waals surface area contributed by atoms with Gasteiger partial charge in [-0.05, 0) is 49.6 Å². The third-order valence-electron chi connectivity index (χ3n) is 5.79. The van der Waals surface area contributed by atoms with Gasteiger partial charge in [0.1, 0.15) is 18.3 Å². The topological polar surface area (TPSA) is 69.6 Å².